The zero-order valence-electron chi connectivity index (χ0n) is 11.2. The van der Waals surface area contributed by atoms with Crippen molar-refractivity contribution in [1.82, 2.24) is 9.62 Å². The summed E-state index contributed by atoms with van der Waals surface area (Å²) in [5, 5.41) is 4.63. The summed E-state index contributed by atoms with van der Waals surface area (Å²) in [5.74, 6) is 0. The first-order valence-electron chi connectivity index (χ1n) is 5.98. The van der Waals surface area contributed by atoms with E-state index in [-0.39, 0.29) is 4.90 Å². The second-order valence-corrected chi connectivity index (χ2v) is 7.19. The van der Waals surface area contributed by atoms with Gasteiger partial charge in [0.25, 0.3) is 0 Å². The third kappa shape index (κ3) is 4.72. The Morgan fingerprint density at radius 2 is 2.05 bits per heavy atom. The SMILES string of the molecule is CCNCc1sccc1S(=O)(=O)N(C)CCC(F)(F)F. The molecule has 0 amide bonds. The van der Waals surface area contributed by atoms with Crippen LogP contribution in [0.3, 0.4) is 0 Å². The first-order chi connectivity index (χ1) is 9.18. The summed E-state index contributed by atoms with van der Waals surface area (Å²) in [6.45, 7) is 2.37. The van der Waals surface area contributed by atoms with Gasteiger partial charge in [0.2, 0.25) is 10.0 Å². The topological polar surface area (TPSA) is 49.4 Å². The van der Waals surface area contributed by atoms with E-state index in [2.05, 4.69) is 5.32 Å². The van der Waals surface area contributed by atoms with Crippen molar-refractivity contribution in [2.75, 3.05) is 20.1 Å². The minimum Gasteiger partial charge on any atom is -0.312 e. The average Bonchev–Trinajstić information content (AvgIpc) is 2.81. The van der Waals surface area contributed by atoms with Crippen molar-refractivity contribution in [3.63, 3.8) is 0 Å². The Morgan fingerprint density at radius 1 is 1.40 bits per heavy atom. The van der Waals surface area contributed by atoms with Gasteiger partial charge in [0.1, 0.15) is 0 Å². The number of hydrogen-bond donors (Lipinski definition) is 1. The van der Waals surface area contributed by atoms with Gasteiger partial charge in [0.15, 0.2) is 0 Å². The molecule has 0 aliphatic carbocycles. The molecule has 0 aliphatic rings. The summed E-state index contributed by atoms with van der Waals surface area (Å²) in [4.78, 5) is 0.679. The number of nitrogens with zero attached hydrogens (tertiary/aromatic N) is 1. The monoisotopic (exact) mass is 330 g/mol. The minimum atomic E-state index is -4.37. The summed E-state index contributed by atoms with van der Waals surface area (Å²) in [6.07, 6.45) is -5.53. The summed E-state index contributed by atoms with van der Waals surface area (Å²) < 4.78 is 61.7. The Balaban J connectivity index is 2.85. The van der Waals surface area contributed by atoms with Gasteiger partial charge in [0.05, 0.1) is 11.3 Å². The maximum Gasteiger partial charge on any atom is 0.390 e. The van der Waals surface area contributed by atoms with Gasteiger partial charge < -0.3 is 5.32 Å². The predicted octanol–water partition coefficient (Wildman–Crippen LogP) is 2.43. The van der Waals surface area contributed by atoms with Crippen LogP contribution in [0, 0.1) is 0 Å². The molecule has 0 aliphatic heterocycles. The van der Waals surface area contributed by atoms with E-state index in [1.807, 2.05) is 6.92 Å². The van der Waals surface area contributed by atoms with Crippen molar-refractivity contribution in [3.8, 4) is 0 Å². The largest absolute Gasteiger partial charge is 0.390 e. The first kappa shape index (κ1) is 17.4. The van der Waals surface area contributed by atoms with Crippen molar-refractivity contribution in [3.05, 3.63) is 16.3 Å². The summed E-state index contributed by atoms with van der Waals surface area (Å²) >= 11 is 1.27. The van der Waals surface area contributed by atoms with E-state index in [4.69, 9.17) is 0 Å². The van der Waals surface area contributed by atoms with Gasteiger partial charge in [-0.05, 0) is 18.0 Å². The molecule has 0 bridgehead atoms. The highest BCUT2D eigenvalue weighted by atomic mass is 32.2. The van der Waals surface area contributed by atoms with Crippen molar-refractivity contribution >= 4 is 21.4 Å². The van der Waals surface area contributed by atoms with E-state index in [0.29, 0.717) is 18.0 Å². The Morgan fingerprint density at radius 3 is 2.60 bits per heavy atom. The molecule has 0 saturated carbocycles. The van der Waals surface area contributed by atoms with E-state index >= 15 is 0 Å². The molecule has 1 aromatic heterocycles. The highest BCUT2D eigenvalue weighted by Gasteiger charge is 2.31. The molecule has 1 N–H and O–H groups in total. The third-order valence-electron chi connectivity index (χ3n) is 2.64. The zero-order chi connectivity index (χ0) is 15.4. The lowest BCUT2D eigenvalue weighted by atomic mass is 10.4. The molecule has 116 valence electrons. The first-order valence-corrected chi connectivity index (χ1v) is 8.30. The molecule has 4 nitrogen and oxygen atoms in total. The number of halogens is 3. The molecule has 0 radical (unpaired) electrons. The summed E-state index contributed by atoms with van der Waals surface area (Å²) in [7, 11) is -2.71. The average molecular weight is 330 g/mol. The molecule has 0 spiro atoms. The number of sulfonamides is 1. The number of nitrogens with one attached hydrogen (secondary N) is 1. The van der Waals surface area contributed by atoms with Gasteiger partial charge in [-0.3, -0.25) is 0 Å². The second kappa shape index (κ2) is 6.88. The molecule has 0 aromatic carbocycles. The molecule has 9 heteroatoms. The number of alkyl halides is 3. The van der Waals surface area contributed by atoms with E-state index in [1.54, 1.807) is 5.38 Å². The van der Waals surface area contributed by atoms with Crippen LogP contribution in [0.1, 0.15) is 18.2 Å². The lowest BCUT2D eigenvalue weighted by molar-refractivity contribution is -0.135. The molecule has 1 heterocycles. The highest BCUT2D eigenvalue weighted by molar-refractivity contribution is 7.89. The van der Waals surface area contributed by atoms with Gasteiger partial charge in [-0.15, -0.1) is 11.3 Å². The van der Waals surface area contributed by atoms with E-state index in [0.717, 1.165) is 11.4 Å². The molecular formula is C11H17F3N2O2S2. The molecule has 1 rings (SSSR count). The van der Waals surface area contributed by atoms with Crippen LogP contribution in [0.15, 0.2) is 16.3 Å². The number of thiophene rings is 1. The Labute approximate surface area is 120 Å². The maximum atomic E-state index is 12.2. The molecule has 0 atom stereocenters. The predicted molar refractivity (Wildman–Crippen MR) is 72.2 cm³/mol. The van der Waals surface area contributed by atoms with Gasteiger partial charge >= 0.3 is 6.18 Å². The van der Waals surface area contributed by atoms with E-state index in [9.17, 15) is 21.6 Å². The van der Waals surface area contributed by atoms with Crippen LogP contribution in [0.2, 0.25) is 0 Å². The summed E-state index contributed by atoms with van der Waals surface area (Å²) in [6, 6.07) is 1.43. The third-order valence-corrected chi connectivity index (χ3v) is 5.63. The minimum absolute atomic E-state index is 0.0770. The molecule has 0 unspecified atom stereocenters. The second-order valence-electron chi connectivity index (χ2n) is 4.18. The lowest BCUT2D eigenvalue weighted by Crippen LogP contribution is -2.31. The van der Waals surface area contributed by atoms with Gasteiger partial charge in [0, 0.05) is 25.0 Å². The van der Waals surface area contributed by atoms with Gasteiger partial charge in [-0.1, -0.05) is 6.92 Å². The van der Waals surface area contributed by atoms with Crippen molar-refractivity contribution < 1.29 is 21.6 Å². The van der Waals surface area contributed by atoms with Crippen LogP contribution in [0.25, 0.3) is 0 Å². The normalized spacial score (nSPS) is 13.1. The quantitative estimate of drug-likeness (QED) is 0.835. The zero-order valence-corrected chi connectivity index (χ0v) is 12.8. The Bertz CT molecular complexity index is 526. The molecule has 0 fully saturated rings. The van der Waals surface area contributed by atoms with Crippen LogP contribution in [0.5, 0.6) is 0 Å². The smallest absolute Gasteiger partial charge is 0.312 e. The Kier molecular flexibility index (Phi) is 5.99. The lowest BCUT2D eigenvalue weighted by Gasteiger charge is -2.18. The Hall–Kier alpha value is -0.640. The van der Waals surface area contributed by atoms with Crippen LogP contribution < -0.4 is 5.32 Å². The highest BCUT2D eigenvalue weighted by Crippen LogP contribution is 2.26. The van der Waals surface area contributed by atoms with Crippen LogP contribution in [0.4, 0.5) is 13.2 Å². The van der Waals surface area contributed by atoms with E-state index in [1.165, 1.54) is 17.4 Å². The summed E-state index contributed by atoms with van der Waals surface area (Å²) in [5.41, 5.74) is 0. The van der Waals surface area contributed by atoms with Gasteiger partial charge in [-0.2, -0.15) is 13.2 Å². The molecule has 1 aromatic rings. The molecule has 0 saturated heterocycles. The van der Waals surface area contributed by atoms with Crippen LogP contribution in [-0.2, 0) is 16.6 Å². The van der Waals surface area contributed by atoms with Crippen LogP contribution in [-0.4, -0.2) is 39.0 Å². The molecular weight excluding hydrogens is 313 g/mol. The fraction of sp³-hybridized carbons (Fsp3) is 0.636. The van der Waals surface area contributed by atoms with Crippen molar-refractivity contribution in [2.24, 2.45) is 0 Å². The van der Waals surface area contributed by atoms with Crippen LogP contribution >= 0.6 is 11.3 Å². The number of hydrogen-bond acceptors (Lipinski definition) is 4. The van der Waals surface area contributed by atoms with E-state index < -0.39 is 29.2 Å². The maximum absolute atomic E-state index is 12.2. The van der Waals surface area contributed by atoms with Crippen molar-refractivity contribution in [2.45, 2.75) is 31.0 Å². The van der Waals surface area contributed by atoms with Crippen molar-refractivity contribution in [1.29, 1.82) is 0 Å². The molecule has 20 heavy (non-hydrogen) atoms. The fourth-order valence-corrected chi connectivity index (χ4v) is 4.05. The standard InChI is InChI=1S/C11H17F3N2O2S2/c1-3-15-8-9-10(4-7-19-9)20(17,18)16(2)6-5-11(12,13)14/h4,7,15H,3,5-6,8H2,1-2H3. The van der Waals surface area contributed by atoms with Gasteiger partial charge in [-0.25, -0.2) is 12.7 Å². The number of rotatable bonds is 7. The fourth-order valence-electron chi connectivity index (χ4n) is 1.50.